The molecular weight excluding hydrogens is 332 g/mol. The first-order chi connectivity index (χ1) is 11.9. The quantitative estimate of drug-likeness (QED) is 0.319. The molecule has 6 N–H and O–H groups in total. The minimum absolute atomic E-state index is 0.0626. The lowest BCUT2D eigenvalue weighted by molar-refractivity contribution is -0.0435. The minimum atomic E-state index is -1.24. The smallest absolute Gasteiger partial charge is 0.251 e. The van der Waals surface area contributed by atoms with E-state index in [0.29, 0.717) is 5.82 Å². The summed E-state index contributed by atoms with van der Waals surface area (Å²) in [5.74, 6) is -0.342. The van der Waals surface area contributed by atoms with Crippen molar-refractivity contribution in [2.75, 3.05) is 12.3 Å². The molecule has 0 saturated carbocycles. The van der Waals surface area contributed by atoms with Crippen LogP contribution < -0.4 is 11.5 Å². The molecule has 0 bridgehead atoms. The van der Waals surface area contributed by atoms with Crippen LogP contribution in [0.2, 0.25) is 0 Å². The molecule has 0 aromatic carbocycles. The van der Waals surface area contributed by atoms with Crippen molar-refractivity contribution in [3.05, 3.63) is 28.0 Å². The summed E-state index contributed by atoms with van der Waals surface area (Å²) in [5, 5.41) is 23.3. The maximum Gasteiger partial charge on any atom is 0.251 e. The number of ether oxygens (including phenoxy) is 1. The van der Waals surface area contributed by atoms with Gasteiger partial charge in [0, 0.05) is 11.1 Å². The maximum atomic E-state index is 11.8. The number of nitrogens with zero attached hydrogens (tertiary/aromatic N) is 6. The Bertz CT molecular complexity index is 890. The number of hydrogen-bond donors (Lipinski definition) is 4. The molecule has 0 spiro atoms. The van der Waals surface area contributed by atoms with E-state index in [1.165, 1.54) is 10.8 Å². The predicted molar refractivity (Wildman–Crippen MR) is 85.1 cm³/mol. The highest BCUT2D eigenvalue weighted by atomic mass is 16.5. The number of amides is 1. The normalized spacial score (nSPS) is 25.9. The van der Waals surface area contributed by atoms with Crippen LogP contribution >= 0.6 is 0 Å². The summed E-state index contributed by atoms with van der Waals surface area (Å²) in [7, 11) is 0. The van der Waals surface area contributed by atoms with E-state index in [0.717, 1.165) is 0 Å². The summed E-state index contributed by atoms with van der Waals surface area (Å²) in [5.41, 5.74) is 20.4. The molecule has 2 aromatic heterocycles. The van der Waals surface area contributed by atoms with E-state index in [1.807, 2.05) is 0 Å². The Morgan fingerprint density at radius 2 is 2.28 bits per heavy atom. The van der Waals surface area contributed by atoms with Gasteiger partial charge in [0.1, 0.15) is 35.7 Å². The summed E-state index contributed by atoms with van der Waals surface area (Å²) in [6.45, 7) is 1.13. The highest BCUT2D eigenvalue weighted by Crippen LogP contribution is 2.36. The lowest BCUT2D eigenvalue weighted by atomic mass is 10.1. The summed E-state index contributed by atoms with van der Waals surface area (Å²) < 4.78 is 7.00. The van der Waals surface area contributed by atoms with Crippen LogP contribution in [0.3, 0.4) is 0 Å². The van der Waals surface area contributed by atoms with Crippen molar-refractivity contribution in [3.8, 4) is 0 Å². The Kier molecular flexibility index (Phi) is 4.18. The first-order valence-electron chi connectivity index (χ1n) is 7.32. The lowest BCUT2D eigenvalue weighted by Crippen LogP contribution is -2.31. The number of carbonyl (C=O) groups is 1. The fourth-order valence-corrected chi connectivity index (χ4v) is 2.96. The molecule has 4 atom stereocenters. The molecular formula is C13H16N8O4. The molecule has 25 heavy (non-hydrogen) atoms. The summed E-state index contributed by atoms with van der Waals surface area (Å²) in [6.07, 6.45) is -1.85. The summed E-state index contributed by atoms with van der Waals surface area (Å²) >= 11 is 0. The zero-order chi connectivity index (χ0) is 18.3. The van der Waals surface area contributed by atoms with Gasteiger partial charge in [0.15, 0.2) is 0 Å². The van der Waals surface area contributed by atoms with E-state index in [2.05, 4.69) is 20.0 Å². The van der Waals surface area contributed by atoms with Crippen LogP contribution in [0.25, 0.3) is 21.5 Å². The van der Waals surface area contributed by atoms with Crippen molar-refractivity contribution in [3.63, 3.8) is 0 Å². The molecule has 12 nitrogen and oxygen atoms in total. The molecule has 1 saturated heterocycles. The van der Waals surface area contributed by atoms with E-state index >= 15 is 0 Å². The number of nitrogens with two attached hydrogens (primary N) is 2. The molecule has 1 amide bonds. The van der Waals surface area contributed by atoms with E-state index < -0.39 is 37.0 Å². The third-order valence-corrected chi connectivity index (χ3v) is 4.05. The van der Waals surface area contributed by atoms with Crippen LogP contribution in [-0.4, -0.2) is 55.5 Å². The van der Waals surface area contributed by atoms with Crippen molar-refractivity contribution >= 4 is 22.8 Å². The van der Waals surface area contributed by atoms with Gasteiger partial charge in [0.05, 0.1) is 23.7 Å². The Morgan fingerprint density at radius 3 is 2.88 bits per heavy atom. The maximum absolute atomic E-state index is 11.8. The predicted octanol–water partition coefficient (Wildman–Crippen LogP) is -0.650. The largest absolute Gasteiger partial charge is 0.394 e. The fraction of sp³-hybridized carbons (Fsp3) is 0.462. The van der Waals surface area contributed by atoms with Gasteiger partial charge in [-0.05, 0) is 12.5 Å². The van der Waals surface area contributed by atoms with Gasteiger partial charge < -0.3 is 31.0 Å². The summed E-state index contributed by atoms with van der Waals surface area (Å²) in [4.78, 5) is 22.7. The number of azide groups is 1. The highest BCUT2D eigenvalue weighted by molar-refractivity contribution is 6.08. The lowest BCUT2D eigenvalue weighted by Gasteiger charge is -2.18. The van der Waals surface area contributed by atoms with Gasteiger partial charge in [0.25, 0.3) is 5.91 Å². The molecule has 0 unspecified atom stereocenters. The molecule has 0 radical (unpaired) electrons. The zero-order valence-electron chi connectivity index (χ0n) is 13.1. The van der Waals surface area contributed by atoms with Gasteiger partial charge >= 0.3 is 0 Å². The van der Waals surface area contributed by atoms with Crippen molar-refractivity contribution in [2.24, 2.45) is 10.8 Å². The van der Waals surface area contributed by atoms with Gasteiger partial charge in [-0.2, -0.15) is 0 Å². The van der Waals surface area contributed by atoms with Gasteiger partial charge in [-0.3, -0.25) is 4.79 Å². The molecule has 132 valence electrons. The Morgan fingerprint density at radius 1 is 1.56 bits per heavy atom. The van der Waals surface area contributed by atoms with Gasteiger partial charge in [-0.25, -0.2) is 9.97 Å². The Labute approximate surface area is 140 Å². The number of primary amides is 1. The standard InChI is InChI=1S/C13H16N8O4/c1-4-17-10(14)7-5(11(15)24)2-21(12(7)18-4)13-8(19-20-16)9(23)6(3-22)25-13/h2,6,8-9,13,22-23H,3H2,1H3,(H2,15,24)(H2,14,17,18)/t6-,8+,9-,13-/m1/s1. The third kappa shape index (κ3) is 2.62. The molecule has 2 aromatic rings. The number of aryl methyl sites for hydroxylation is 1. The van der Waals surface area contributed by atoms with Crippen molar-refractivity contribution in [1.82, 2.24) is 14.5 Å². The number of aromatic nitrogens is 3. The van der Waals surface area contributed by atoms with Gasteiger partial charge in [-0.1, -0.05) is 5.11 Å². The molecule has 1 aliphatic heterocycles. The second kappa shape index (κ2) is 6.18. The van der Waals surface area contributed by atoms with Crippen LogP contribution in [0.4, 0.5) is 5.82 Å². The highest BCUT2D eigenvalue weighted by Gasteiger charge is 2.44. The van der Waals surface area contributed by atoms with E-state index in [4.69, 9.17) is 21.7 Å². The van der Waals surface area contributed by atoms with Gasteiger partial charge in [-0.15, -0.1) is 0 Å². The molecule has 1 fully saturated rings. The molecule has 3 rings (SSSR count). The number of aliphatic hydroxyl groups is 2. The first-order valence-corrected chi connectivity index (χ1v) is 7.32. The van der Waals surface area contributed by atoms with Crippen LogP contribution in [-0.2, 0) is 4.74 Å². The number of rotatable bonds is 4. The monoisotopic (exact) mass is 348 g/mol. The fourth-order valence-electron chi connectivity index (χ4n) is 2.96. The Hall–Kier alpha value is -2.92. The van der Waals surface area contributed by atoms with E-state index in [9.17, 15) is 15.0 Å². The van der Waals surface area contributed by atoms with Crippen LogP contribution in [0, 0.1) is 6.92 Å². The van der Waals surface area contributed by atoms with Crippen LogP contribution in [0.1, 0.15) is 22.4 Å². The van der Waals surface area contributed by atoms with Gasteiger partial charge in [0.2, 0.25) is 0 Å². The van der Waals surface area contributed by atoms with Crippen molar-refractivity contribution in [1.29, 1.82) is 0 Å². The molecule has 12 heteroatoms. The summed E-state index contributed by atoms with van der Waals surface area (Å²) in [6, 6.07) is -1.05. The second-order valence-corrected chi connectivity index (χ2v) is 5.60. The third-order valence-electron chi connectivity index (χ3n) is 4.05. The topological polar surface area (TPSA) is 198 Å². The number of fused-ring (bicyclic) bond motifs is 1. The van der Waals surface area contributed by atoms with Crippen molar-refractivity contribution < 1.29 is 19.7 Å². The second-order valence-electron chi connectivity index (χ2n) is 5.60. The Balaban J connectivity index is 2.24. The molecule has 1 aliphatic rings. The van der Waals surface area contributed by atoms with Crippen LogP contribution in [0.5, 0.6) is 0 Å². The SMILES string of the molecule is Cc1nc(N)c2c(C(N)=O)cn([C@@H]3O[C@H](CO)[C@@H](O)[C@@H]3N=[N+]=[N-])c2n1. The number of aliphatic hydroxyl groups excluding tert-OH is 2. The molecule has 0 aliphatic carbocycles. The van der Waals surface area contributed by atoms with E-state index in [1.54, 1.807) is 6.92 Å². The number of nitrogen functional groups attached to an aromatic ring is 1. The van der Waals surface area contributed by atoms with Crippen LogP contribution in [0.15, 0.2) is 11.3 Å². The van der Waals surface area contributed by atoms with E-state index in [-0.39, 0.29) is 22.4 Å². The number of hydrogen-bond acceptors (Lipinski definition) is 8. The molecule has 3 heterocycles. The zero-order valence-corrected chi connectivity index (χ0v) is 13.1. The number of anilines is 1. The number of carbonyl (C=O) groups excluding carboxylic acids is 1. The van der Waals surface area contributed by atoms with Crippen molar-refractivity contribution in [2.45, 2.75) is 31.4 Å². The first kappa shape index (κ1) is 16.9. The average molecular weight is 348 g/mol. The minimum Gasteiger partial charge on any atom is -0.394 e. The average Bonchev–Trinajstić information content (AvgIpc) is 3.07.